The third-order valence-electron chi connectivity index (χ3n) is 4.05. The third kappa shape index (κ3) is 3.36. The zero-order valence-corrected chi connectivity index (χ0v) is 12.6. The molecule has 0 radical (unpaired) electrons. The largest absolute Gasteiger partial charge is 0.394 e. The smallest absolute Gasteiger partial charge is 0.318 e. The number of benzene rings is 1. The van der Waals surface area contributed by atoms with Crippen LogP contribution >= 0.6 is 0 Å². The number of methoxy groups -OCH3 is 1. The van der Waals surface area contributed by atoms with Crippen LogP contribution in [0.2, 0.25) is 0 Å². The molecule has 1 fully saturated rings. The second-order valence-electron chi connectivity index (χ2n) is 5.73. The lowest BCUT2D eigenvalue weighted by molar-refractivity contribution is 0.0949. The van der Waals surface area contributed by atoms with Gasteiger partial charge in [-0.3, -0.25) is 0 Å². The quantitative estimate of drug-likeness (QED) is 0.888. The number of rotatable bonds is 4. The van der Waals surface area contributed by atoms with Crippen molar-refractivity contribution < 1.29 is 23.4 Å². The molecular weight excluding hydrogens is 294 g/mol. The lowest BCUT2D eigenvalue weighted by Gasteiger charge is -2.33. The topological polar surface area (TPSA) is 61.8 Å². The number of aliphatic hydroxyl groups excluding tert-OH is 1. The molecule has 2 atom stereocenters. The molecule has 0 aliphatic carbocycles. The van der Waals surface area contributed by atoms with Gasteiger partial charge < -0.3 is 20.1 Å². The summed E-state index contributed by atoms with van der Waals surface area (Å²) < 4.78 is 31.2. The maximum Gasteiger partial charge on any atom is 0.318 e. The molecule has 1 aromatic rings. The lowest BCUT2D eigenvalue weighted by atomic mass is 10.00. The molecule has 0 aromatic heterocycles. The number of hydrogen-bond donors (Lipinski definition) is 2. The van der Waals surface area contributed by atoms with Crippen molar-refractivity contribution in [3.8, 4) is 0 Å². The highest BCUT2D eigenvalue weighted by atomic mass is 19.2. The van der Waals surface area contributed by atoms with Gasteiger partial charge in [-0.2, -0.15) is 0 Å². The summed E-state index contributed by atoms with van der Waals surface area (Å²) in [7, 11) is 1.56. The number of carbonyl (C=O) groups is 1. The standard InChI is InChI=1S/C15H20F2N2O3/c1-15(9-20)6-11(22-2)8-19(15)14(21)18-7-10-3-4-12(16)13(17)5-10/h3-5,11,20H,6-9H2,1-2H3,(H,18,21). The highest BCUT2D eigenvalue weighted by Crippen LogP contribution is 2.30. The fourth-order valence-corrected chi connectivity index (χ4v) is 2.65. The fraction of sp³-hybridized carbons (Fsp3) is 0.533. The fourth-order valence-electron chi connectivity index (χ4n) is 2.65. The minimum atomic E-state index is -0.951. The van der Waals surface area contributed by atoms with Gasteiger partial charge in [-0.15, -0.1) is 0 Å². The van der Waals surface area contributed by atoms with Gasteiger partial charge in [0.05, 0.1) is 18.2 Å². The molecule has 2 N–H and O–H groups in total. The van der Waals surface area contributed by atoms with E-state index in [1.54, 1.807) is 14.0 Å². The Kier molecular flexibility index (Phi) is 4.97. The van der Waals surface area contributed by atoms with Crippen molar-refractivity contribution in [3.05, 3.63) is 35.4 Å². The average Bonchev–Trinajstić information content (AvgIpc) is 2.86. The van der Waals surface area contributed by atoms with Gasteiger partial charge >= 0.3 is 6.03 Å². The monoisotopic (exact) mass is 314 g/mol. The van der Waals surface area contributed by atoms with Crippen LogP contribution in [-0.4, -0.2) is 47.9 Å². The van der Waals surface area contributed by atoms with E-state index < -0.39 is 17.2 Å². The van der Waals surface area contributed by atoms with Gasteiger partial charge in [0.1, 0.15) is 0 Å². The summed E-state index contributed by atoms with van der Waals surface area (Å²) in [4.78, 5) is 13.8. The van der Waals surface area contributed by atoms with Crippen LogP contribution in [0.5, 0.6) is 0 Å². The molecule has 0 spiro atoms. The van der Waals surface area contributed by atoms with Crippen molar-refractivity contribution in [1.82, 2.24) is 10.2 Å². The van der Waals surface area contributed by atoms with Crippen molar-refractivity contribution in [2.75, 3.05) is 20.3 Å². The summed E-state index contributed by atoms with van der Waals surface area (Å²) in [6.07, 6.45) is 0.407. The van der Waals surface area contributed by atoms with Crippen LogP contribution in [-0.2, 0) is 11.3 Å². The molecule has 1 aliphatic rings. The number of nitrogens with one attached hydrogen (secondary N) is 1. The Labute approximate surface area is 127 Å². The van der Waals surface area contributed by atoms with Crippen LogP contribution in [0.3, 0.4) is 0 Å². The Balaban J connectivity index is 2.00. The molecule has 0 saturated carbocycles. The number of hydrogen-bond acceptors (Lipinski definition) is 3. The van der Waals surface area contributed by atoms with Crippen LogP contribution in [0.25, 0.3) is 0 Å². The Morgan fingerprint density at radius 3 is 2.82 bits per heavy atom. The molecule has 1 aliphatic heterocycles. The van der Waals surface area contributed by atoms with E-state index in [0.717, 1.165) is 12.1 Å². The predicted molar refractivity (Wildman–Crippen MR) is 76.2 cm³/mol. The molecule has 1 heterocycles. The summed E-state index contributed by atoms with van der Waals surface area (Å²) in [5.41, 5.74) is -0.237. The normalized spacial score (nSPS) is 24.6. The van der Waals surface area contributed by atoms with E-state index in [9.17, 15) is 18.7 Å². The predicted octanol–water partition coefficient (Wildman–Crippen LogP) is 1.65. The minimum Gasteiger partial charge on any atom is -0.394 e. The second kappa shape index (κ2) is 6.58. The molecule has 2 amide bonds. The highest BCUT2D eigenvalue weighted by molar-refractivity contribution is 5.75. The van der Waals surface area contributed by atoms with Crippen LogP contribution in [0, 0.1) is 11.6 Å². The molecule has 1 aromatic carbocycles. The van der Waals surface area contributed by atoms with E-state index >= 15 is 0 Å². The second-order valence-corrected chi connectivity index (χ2v) is 5.73. The van der Waals surface area contributed by atoms with Crippen molar-refractivity contribution in [1.29, 1.82) is 0 Å². The third-order valence-corrected chi connectivity index (χ3v) is 4.05. The van der Waals surface area contributed by atoms with Crippen molar-refractivity contribution in [2.45, 2.75) is 31.5 Å². The number of amides is 2. The SMILES string of the molecule is COC1CN(C(=O)NCc2ccc(F)c(F)c2)C(C)(CO)C1. The molecule has 2 rings (SSSR count). The summed E-state index contributed by atoms with van der Waals surface area (Å²) in [6.45, 7) is 2.05. The van der Waals surface area contributed by atoms with Crippen LogP contribution < -0.4 is 5.32 Å². The van der Waals surface area contributed by atoms with Gasteiger partial charge in [-0.05, 0) is 24.6 Å². The number of halogens is 2. The van der Waals surface area contributed by atoms with E-state index in [0.29, 0.717) is 18.5 Å². The maximum absolute atomic E-state index is 13.1. The Morgan fingerprint density at radius 2 is 2.23 bits per heavy atom. The Bertz CT molecular complexity index is 556. The summed E-state index contributed by atoms with van der Waals surface area (Å²) >= 11 is 0. The molecular formula is C15H20F2N2O3. The zero-order chi connectivity index (χ0) is 16.3. The first-order valence-electron chi connectivity index (χ1n) is 7.02. The van der Waals surface area contributed by atoms with Crippen molar-refractivity contribution >= 4 is 6.03 Å². The minimum absolute atomic E-state index is 0.0751. The van der Waals surface area contributed by atoms with Crippen LogP contribution in [0.4, 0.5) is 13.6 Å². The van der Waals surface area contributed by atoms with E-state index in [1.807, 2.05) is 0 Å². The molecule has 5 nitrogen and oxygen atoms in total. The number of urea groups is 1. The van der Waals surface area contributed by atoms with E-state index in [2.05, 4.69) is 5.32 Å². The van der Waals surface area contributed by atoms with Gasteiger partial charge in [0.15, 0.2) is 11.6 Å². The zero-order valence-electron chi connectivity index (χ0n) is 12.6. The summed E-state index contributed by atoms with van der Waals surface area (Å²) in [5, 5.41) is 12.2. The van der Waals surface area contributed by atoms with Gasteiger partial charge in [-0.25, -0.2) is 13.6 Å². The van der Waals surface area contributed by atoms with Crippen molar-refractivity contribution in [2.24, 2.45) is 0 Å². The number of aliphatic hydroxyl groups is 1. The molecule has 1 saturated heterocycles. The first-order chi connectivity index (χ1) is 10.4. The summed E-state index contributed by atoms with van der Waals surface area (Å²) in [5.74, 6) is -1.88. The molecule has 0 bridgehead atoms. The lowest BCUT2D eigenvalue weighted by Crippen LogP contribution is -2.51. The van der Waals surface area contributed by atoms with E-state index in [4.69, 9.17) is 4.74 Å². The summed E-state index contributed by atoms with van der Waals surface area (Å²) in [6, 6.07) is 3.10. The van der Waals surface area contributed by atoms with Crippen LogP contribution in [0.15, 0.2) is 18.2 Å². The van der Waals surface area contributed by atoms with Gasteiger partial charge in [-0.1, -0.05) is 6.07 Å². The maximum atomic E-state index is 13.1. The number of carbonyl (C=O) groups excluding carboxylic acids is 1. The van der Waals surface area contributed by atoms with Gasteiger partial charge in [0.25, 0.3) is 0 Å². The van der Waals surface area contributed by atoms with Crippen LogP contribution in [0.1, 0.15) is 18.9 Å². The molecule has 22 heavy (non-hydrogen) atoms. The number of likely N-dealkylation sites (tertiary alicyclic amines) is 1. The van der Waals surface area contributed by atoms with Gasteiger partial charge in [0, 0.05) is 26.6 Å². The molecule has 7 heteroatoms. The number of nitrogens with zero attached hydrogens (tertiary/aromatic N) is 1. The van der Waals surface area contributed by atoms with E-state index in [-0.39, 0.29) is 25.3 Å². The number of ether oxygens (including phenoxy) is 1. The van der Waals surface area contributed by atoms with E-state index in [1.165, 1.54) is 11.0 Å². The first kappa shape index (κ1) is 16.6. The van der Waals surface area contributed by atoms with Crippen molar-refractivity contribution in [3.63, 3.8) is 0 Å². The Morgan fingerprint density at radius 1 is 1.50 bits per heavy atom. The Hall–Kier alpha value is -1.73. The first-order valence-corrected chi connectivity index (χ1v) is 7.02. The molecule has 122 valence electrons. The molecule has 2 unspecified atom stereocenters. The average molecular weight is 314 g/mol. The highest BCUT2D eigenvalue weighted by Gasteiger charge is 2.44. The van der Waals surface area contributed by atoms with Gasteiger partial charge in [0.2, 0.25) is 0 Å².